The third kappa shape index (κ3) is 4.84. The van der Waals surface area contributed by atoms with E-state index >= 15 is 0 Å². The topological polar surface area (TPSA) is 34.4 Å². The largest absolute Gasteiger partial charge is 0.465 e. The van der Waals surface area contributed by atoms with E-state index in [9.17, 15) is 0 Å². The fourth-order valence-electron chi connectivity index (χ4n) is 1.04. The van der Waals surface area contributed by atoms with Gasteiger partial charge in [0.15, 0.2) is 0 Å². The zero-order valence-corrected chi connectivity index (χ0v) is 8.53. The van der Waals surface area contributed by atoms with Crippen LogP contribution in [0.1, 0.15) is 12.7 Å². The summed E-state index contributed by atoms with van der Waals surface area (Å²) in [5, 5.41) is 3.23. The lowest BCUT2D eigenvalue weighted by Crippen LogP contribution is -2.19. The summed E-state index contributed by atoms with van der Waals surface area (Å²) in [6, 6.07) is 3.80. The zero-order valence-electron chi connectivity index (χ0n) is 8.53. The van der Waals surface area contributed by atoms with E-state index in [1.165, 1.54) is 0 Å². The minimum atomic E-state index is 0.769. The molecule has 0 fully saturated rings. The molecule has 14 heavy (non-hydrogen) atoms. The molecule has 0 saturated carbocycles. The number of ether oxygens (including phenoxy) is 1. The van der Waals surface area contributed by atoms with Crippen LogP contribution < -0.4 is 5.32 Å². The number of hydrogen-bond acceptors (Lipinski definition) is 3. The van der Waals surface area contributed by atoms with Crippen LogP contribution in [0.3, 0.4) is 0 Å². The highest BCUT2D eigenvalue weighted by Crippen LogP contribution is 2.00. The number of furan rings is 1. The standard InChI is InChI=1S/C11H17NO2/c1-2-13-10-8-12-7-3-5-11-6-4-9-14-11/h3-6,9,12H,2,7-8,10H2,1H3/b5-3+. The molecule has 0 radical (unpaired) electrons. The van der Waals surface area contributed by atoms with Crippen molar-refractivity contribution in [2.75, 3.05) is 26.3 Å². The lowest BCUT2D eigenvalue weighted by atomic mass is 10.4. The minimum Gasteiger partial charge on any atom is -0.465 e. The van der Waals surface area contributed by atoms with Crippen LogP contribution in [0.4, 0.5) is 0 Å². The maximum Gasteiger partial charge on any atom is 0.126 e. The third-order valence-electron chi connectivity index (χ3n) is 1.71. The molecule has 1 aromatic heterocycles. The highest BCUT2D eigenvalue weighted by molar-refractivity contribution is 5.42. The summed E-state index contributed by atoms with van der Waals surface area (Å²) in [6.45, 7) is 5.27. The van der Waals surface area contributed by atoms with Gasteiger partial charge in [-0.3, -0.25) is 0 Å². The molecule has 0 amide bonds. The summed E-state index contributed by atoms with van der Waals surface area (Å²) in [5.41, 5.74) is 0. The van der Waals surface area contributed by atoms with Gasteiger partial charge in [0, 0.05) is 19.7 Å². The molecule has 0 atom stereocenters. The van der Waals surface area contributed by atoms with Gasteiger partial charge in [0.2, 0.25) is 0 Å². The molecular weight excluding hydrogens is 178 g/mol. The predicted molar refractivity (Wildman–Crippen MR) is 57.1 cm³/mol. The summed E-state index contributed by atoms with van der Waals surface area (Å²) >= 11 is 0. The summed E-state index contributed by atoms with van der Waals surface area (Å²) in [4.78, 5) is 0. The van der Waals surface area contributed by atoms with Crippen LogP contribution in [-0.4, -0.2) is 26.3 Å². The lowest BCUT2D eigenvalue weighted by molar-refractivity contribution is 0.150. The van der Waals surface area contributed by atoms with Crippen LogP contribution in [0.25, 0.3) is 6.08 Å². The highest BCUT2D eigenvalue weighted by atomic mass is 16.5. The Morgan fingerprint density at radius 2 is 2.50 bits per heavy atom. The first-order valence-electron chi connectivity index (χ1n) is 4.92. The fourth-order valence-corrected chi connectivity index (χ4v) is 1.04. The average molecular weight is 195 g/mol. The lowest BCUT2D eigenvalue weighted by Gasteiger charge is -2.00. The monoisotopic (exact) mass is 195 g/mol. The predicted octanol–water partition coefficient (Wildman–Crippen LogP) is 1.92. The van der Waals surface area contributed by atoms with E-state index in [1.54, 1.807) is 6.26 Å². The van der Waals surface area contributed by atoms with Crippen molar-refractivity contribution in [2.45, 2.75) is 6.92 Å². The van der Waals surface area contributed by atoms with Gasteiger partial charge in [-0.25, -0.2) is 0 Å². The molecule has 0 aliphatic heterocycles. The van der Waals surface area contributed by atoms with E-state index in [0.717, 1.165) is 32.1 Å². The van der Waals surface area contributed by atoms with Gasteiger partial charge in [-0.15, -0.1) is 0 Å². The first-order valence-corrected chi connectivity index (χ1v) is 4.92. The van der Waals surface area contributed by atoms with Gasteiger partial charge in [-0.2, -0.15) is 0 Å². The molecule has 0 unspecified atom stereocenters. The van der Waals surface area contributed by atoms with E-state index in [-0.39, 0.29) is 0 Å². The Hall–Kier alpha value is -1.06. The van der Waals surface area contributed by atoms with Crippen LogP contribution >= 0.6 is 0 Å². The van der Waals surface area contributed by atoms with E-state index in [0.29, 0.717) is 0 Å². The van der Waals surface area contributed by atoms with Crippen LogP contribution in [0.5, 0.6) is 0 Å². The Labute approximate surface area is 84.8 Å². The van der Waals surface area contributed by atoms with Crippen LogP contribution in [0, 0.1) is 0 Å². The molecule has 1 heterocycles. The first kappa shape index (κ1) is 11.0. The van der Waals surface area contributed by atoms with Gasteiger partial charge < -0.3 is 14.5 Å². The van der Waals surface area contributed by atoms with Crippen molar-refractivity contribution >= 4 is 6.08 Å². The molecule has 1 rings (SSSR count). The van der Waals surface area contributed by atoms with E-state index in [4.69, 9.17) is 9.15 Å². The van der Waals surface area contributed by atoms with Gasteiger partial charge in [0.05, 0.1) is 12.9 Å². The molecule has 0 spiro atoms. The maximum atomic E-state index is 5.18. The summed E-state index contributed by atoms with van der Waals surface area (Å²) in [6.07, 6.45) is 5.65. The maximum absolute atomic E-state index is 5.18. The Balaban J connectivity index is 1.98. The van der Waals surface area contributed by atoms with E-state index in [2.05, 4.69) is 5.32 Å². The molecule has 0 aliphatic rings. The van der Waals surface area contributed by atoms with Crippen LogP contribution in [0.2, 0.25) is 0 Å². The van der Waals surface area contributed by atoms with Gasteiger partial charge in [-0.1, -0.05) is 6.08 Å². The summed E-state index contributed by atoms with van der Waals surface area (Å²) in [5.74, 6) is 0.886. The SMILES string of the molecule is CCOCCNC/C=C/c1ccco1. The van der Waals surface area contributed by atoms with Crippen molar-refractivity contribution in [2.24, 2.45) is 0 Å². The molecule has 3 nitrogen and oxygen atoms in total. The Kier molecular flexibility index (Phi) is 5.79. The zero-order chi connectivity index (χ0) is 10.1. The van der Waals surface area contributed by atoms with Crippen molar-refractivity contribution in [3.05, 3.63) is 30.2 Å². The van der Waals surface area contributed by atoms with Gasteiger partial charge >= 0.3 is 0 Å². The molecule has 0 bridgehead atoms. The molecule has 1 aromatic rings. The van der Waals surface area contributed by atoms with Gasteiger partial charge in [0.1, 0.15) is 5.76 Å². The summed E-state index contributed by atoms with van der Waals surface area (Å²) < 4.78 is 10.3. The second-order valence-corrected chi connectivity index (χ2v) is 2.82. The fraction of sp³-hybridized carbons (Fsp3) is 0.455. The minimum absolute atomic E-state index is 0.769. The Morgan fingerprint density at radius 1 is 1.57 bits per heavy atom. The Bertz CT molecular complexity index is 242. The average Bonchev–Trinajstić information content (AvgIpc) is 2.69. The molecule has 78 valence electrons. The van der Waals surface area contributed by atoms with Crippen LogP contribution in [-0.2, 0) is 4.74 Å². The molecule has 3 heteroatoms. The number of rotatable bonds is 7. The van der Waals surface area contributed by atoms with Crippen molar-refractivity contribution in [1.29, 1.82) is 0 Å². The molecular formula is C11H17NO2. The second-order valence-electron chi connectivity index (χ2n) is 2.82. The number of nitrogens with one attached hydrogen (secondary N) is 1. The van der Waals surface area contributed by atoms with Crippen LogP contribution in [0.15, 0.2) is 28.9 Å². The second kappa shape index (κ2) is 7.35. The van der Waals surface area contributed by atoms with E-state index in [1.807, 2.05) is 31.2 Å². The number of hydrogen-bond donors (Lipinski definition) is 1. The highest BCUT2D eigenvalue weighted by Gasteiger charge is 1.86. The van der Waals surface area contributed by atoms with Crippen molar-refractivity contribution in [3.8, 4) is 0 Å². The van der Waals surface area contributed by atoms with E-state index < -0.39 is 0 Å². The quantitative estimate of drug-likeness (QED) is 0.675. The Morgan fingerprint density at radius 3 is 3.21 bits per heavy atom. The molecule has 0 aromatic carbocycles. The molecule has 0 aliphatic carbocycles. The van der Waals surface area contributed by atoms with Crippen molar-refractivity contribution < 1.29 is 9.15 Å². The molecule has 0 saturated heterocycles. The third-order valence-corrected chi connectivity index (χ3v) is 1.71. The van der Waals surface area contributed by atoms with Crippen molar-refractivity contribution in [1.82, 2.24) is 5.32 Å². The van der Waals surface area contributed by atoms with Crippen molar-refractivity contribution in [3.63, 3.8) is 0 Å². The van der Waals surface area contributed by atoms with Gasteiger partial charge in [-0.05, 0) is 25.1 Å². The molecule has 1 N–H and O–H groups in total. The summed E-state index contributed by atoms with van der Waals surface area (Å²) in [7, 11) is 0. The smallest absolute Gasteiger partial charge is 0.126 e. The first-order chi connectivity index (χ1) is 6.93. The van der Waals surface area contributed by atoms with Gasteiger partial charge in [0.25, 0.3) is 0 Å². The normalized spacial score (nSPS) is 11.2.